The highest BCUT2D eigenvalue weighted by atomic mass is 32.1. The minimum atomic E-state index is -0.605. The molecule has 1 aromatic heterocycles. The van der Waals surface area contributed by atoms with E-state index in [9.17, 15) is 14.0 Å². The van der Waals surface area contributed by atoms with E-state index < -0.39 is 11.7 Å². The molecule has 0 radical (unpaired) electrons. The number of hydrogen-bond donors (Lipinski definition) is 1. The van der Waals surface area contributed by atoms with E-state index in [1.807, 2.05) is 13.8 Å². The van der Waals surface area contributed by atoms with Gasteiger partial charge in [0.25, 0.3) is 5.91 Å². The average molecular weight is 391 g/mol. The first-order chi connectivity index (χ1) is 12.9. The zero-order chi connectivity index (χ0) is 19.4. The van der Waals surface area contributed by atoms with Crippen molar-refractivity contribution in [3.8, 4) is 0 Å². The molecule has 1 aliphatic rings. The second-order valence-corrected chi connectivity index (χ2v) is 7.71. The predicted octanol–water partition coefficient (Wildman–Crippen LogP) is 3.16. The third kappa shape index (κ3) is 4.90. The van der Waals surface area contributed by atoms with E-state index >= 15 is 0 Å². The summed E-state index contributed by atoms with van der Waals surface area (Å²) in [5.41, 5.74) is 0.804. The Morgan fingerprint density at radius 3 is 2.78 bits per heavy atom. The van der Waals surface area contributed by atoms with Crippen molar-refractivity contribution >= 4 is 28.3 Å². The molecule has 6 nitrogen and oxygen atoms in total. The molecule has 2 heterocycles. The van der Waals surface area contributed by atoms with Crippen molar-refractivity contribution in [2.45, 2.75) is 32.8 Å². The van der Waals surface area contributed by atoms with E-state index in [4.69, 9.17) is 4.74 Å². The first kappa shape index (κ1) is 19.4. The number of nitrogens with zero attached hydrogens (tertiary/aromatic N) is 2. The van der Waals surface area contributed by atoms with E-state index in [2.05, 4.69) is 10.3 Å². The summed E-state index contributed by atoms with van der Waals surface area (Å²) in [5.74, 6) is -1.50. The van der Waals surface area contributed by atoms with Crippen LogP contribution < -0.4 is 5.32 Å². The zero-order valence-electron chi connectivity index (χ0n) is 15.3. The van der Waals surface area contributed by atoms with Crippen molar-refractivity contribution in [1.82, 2.24) is 9.88 Å². The van der Waals surface area contributed by atoms with Gasteiger partial charge in [0.1, 0.15) is 12.4 Å². The van der Waals surface area contributed by atoms with Gasteiger partial charge in [-0.3, -0.25) is 9.59 Å². The number of anilines is 1. The number of carbonyl (C=O) groups excluding carboxylic acids is 2. The SMILES string of the molecule is Cc1nc(NC(=O)CN(C[C@@H]2CCCO2)C(=O)c2ccccc2F)sc1C. The Morgan fingerprint density at radius 1 is 1.37 bits per heavy atom. The molecule has 1 saturated heterocycles. The fourth-order valence-electron chi connectivity index (χ4n) is 2.92. The van der Waals surface area contributed by atoms with Gasteiger partial charge >= 0.3 is 0 Å². The Labute approximate surface area is 161 Å². The molecule has 27 heavy (non-hydrogen) atoms. The molecule has 1 aromatic carbocycles. The molecule has 0 saturated carbocycles. The van der Waals surface area contributed by atoms with E-state index in [1.165, 1.54) is 34.4 Å². The molecular formula is C19H22FN3O3S. The van der Waals surface area contributed by atoms with Crippen LogP contribution in [0.25, 0.3) is 0 Å². The molecule has 1 aliphatic heterocycles. The molecule has 2 aromatic rings. The van der Waals surface area contributed by atoms with Crippen molar-refractivity contribution < 1.29 is 18.7 Å². The molecule has 0 aliphatic carbocycles. The van der Waals surface area contributed by atoms with Crippen molar-refractivity contribution in [3.05, 3.63) is 46.2 Å². The van der Waals surface area contributed by atoms with Crippen LogP contribution in [0.1, 0.15) is 33.8 Å². The minimum absolute atomic E-state index is 0.0516. The zero-order valence-corrected chi connectivity index (χ0v) is 16.1. The Morgan fingerprint density at radius 2 is 2.15 bits per heavy atom. The van der Waals surface area contributed by atoms with Gasteiger partial charge in [-0.15, -0.1) is 11.3 Å². The van der Waals surface area contributed by atoms with Crippen LogP contribution in [-0.2, 0) is 9.53 Å². The quantitative estimate of drug-likeness (QED) is 0.821. The third-order valence-electron chi connectivity index (χ3n) is 4.45. The summed E-state index contributed by atoms with van der Waals surface area (Å²) in [6.07, 6.45) is 1.59. The van der Waals surface area contributed by atoms with E-state index in [0.29, 0.717) is 11.7 Å². The summed E-state index contributed by atoms with van der Waals surface area (Å²) in [4.78, 5) is 31.9. The van der Waals surface area contributed by atoms with Crippen LogP contribution in [0.3, 0.4) is 0 Å². The van der Waals surface area contributed by atoms with Crippen LogP contribution in [0.5, 0.6) is 0 Å². The third-order valence-corrected chi connectivity index (χ3v) is 5.44. The second-order valence-electron chi connectivity index (χ2n) is 6.51. The Bertz CT molecular complexity index is 814. The lowest BCUT2D eigenvalue weighted by atomic mass is 10.1. The molecule has 8 heteroatoms. The van der Waals surface area contributed by atoms with Gasteiger partial charge in [0.2, 0.25) is 5.91 Å². The summed E-state index contributed by atoms with van der Waals surface area (Å²) < 4.78 is 19.6. The number of benzene rings is 1. The van der Waals surface area contributed by atoms with Crippen LogP contribution in [0.4, 0.5) is 9.52 Å². The lowest BCUT2D eigenvalue weighted by molar-refractivity contribution is -0.117. The number of aromatic nitrogens is 1. The molecule has 1 N–H and O–H groups in total. The second kappa shape index (κ2) is 8.58. The molecule has 3 rings (SSSR count). The number of aryl methyl sites for hydroxylation is 2. The largest absolute Gasteiger partial charge is 0.376 e. The maximum Gasteiger partial charge on any atom is 0.257 e. The number of rotatable bonds is 6. The number of amides is 2. The van der Waals surface area contributed by atoms with Crippen LogP contribution >= 0.6 is 11.3 Å². The van der Waals surface area contributed by atoms with Crippen molar-refractivity contribution in [3.63, 3.8) is 0 Å². The number of hydrogen-bond acceptors (Lipinski definition) is 5. The number of halogens is 1. The summed E-state index contributed by atoms with van der Waals surface area (Å²) >= 11 is 1.38. The number of ether oxygens (including phenoxy) is 1. The molecule has 0 spiro atoms. The van der Waals surface area contributed by atoms with E-state index in [-0.39, 0.29) is 30.7 Å². The first-order valence-electron chi connectivity index (χ1n) is 8.83. The molecule has 2 amide bonds. The standard InChI is InChI=1S/C19H22FN3O3S/c1-12-13(2)27-19(21-12)22-17(24)11-23(10-14-6-5-9-26-14)18(25)15-7-3-4-8-16(15)20/h3-4,7-8,14H,5-6,9-11H2,1-2H3,(H,21,22,24)/t14-/m0/s1. The van der Waals surface area contributed by atoms with Gasteiger partial charge in [-0.1, -0.05) is 12.1 Å². The Balaban J connectivity index is 1.73. The summed E-state index contributed by atoms with van der Waals surface area (Å²) in [5, 5.41) is 3.21. The lowest BCUT2D eigenvalue weighted by Gasteiger charge is -2.25. The smallest absolute Gasteiger partial charge is 0.257 e. The fraction of sp³-hybridized carbons (Fsp3) is 0.421. The maximum atomic E-state index is 14.1. The normalized spacial score (nSPS) is 16.3. The molecular weight excluding hydrogens is 369 g/mol. The van der Waals surface area contributed by atoms with Gasteiger partial charge in [-0.2, -0.15) is 0 Å². The number of carbonyl (C=O) groups is 2. The Kier molecular flexibility index (Phi) is 6.18. The van der Waals surface area contributed by atoms with Gasteiger partial charge < -0.3 is 15.0 Å². The van der Waals surface area contributed by atoms with Crippen LogP contribution in [-0.4, -0.2) is 47.5 Å². The highest BCUT2D eigenvalue weighted by Gasteiger charge is 2.26. The van der Waals surface area contributed by atoms with Crippen molar-refractivity contribution in [2.75, 3.05) is 25.0 Å². The first-order valence-corrected chi connectivity index (χ1v) is 9.65. The van der Waals surface area contributed by atoms with E-state index in [0.717, 1.165) is 23.4 Å². The number of thiazole rings is 1. The molecule has 1 atom stereocenters. The minimum Gasteiger partial charge on any atom is -0.376 e. The summed E-state index contributed by atoms with van der Waals surface area (Å²) in [6.45, 7) is 4.48. The van der Waals surface area contributed by atoms with Gasteiger partial charge in [0.05, 0.1) is 17.4 Å². The summed E-state index contributed by atoms with van der Waals surface area (Å²) in [7, 11) is 0. The van der Waals surface area contributed by atoms with E-state index in [1.54, 1.807) is 6.07 Å². The lowest BCUT2D eigenvalue weighted by Crippen LogP contribution is -2.42. The number of nitrogens with one attached hydrogen (secondary N) is 1. The monoisotopic (exact) mass is 391 g/mol. The van der Waals surface area contributed by atoms with Gasteiger partial charge in [0, 0.05) is 18.0 Å². The van der Waals surface area contributed by atoms with Gasteiger partial charge in [-0.05, 0) is 38.8 Å². The van der Waals surface area contributed by atoms with Crippen LogP contribution in [0.2, 0.25) is 0 Å². The maximum absolute atomic E-state index is 14.1. The van der Waals surface area contributed by atoms with Gasteiger partial charge in [0.15, 0.2) is 5.13 Å². The molecule has 144 valence electrons. The van der Waals surface area contributed by atoms with Gasteiger partial charge in [-0.25, -0.2) is 9.37 Å². The summed E-state index contributed by atoms with van der Waals surface area (Å²) in [6, 6.07) is 5.78. The van der Waals surface area contributed by atoms with Crippen LogP contribution in [0.15, 0.2) is 24.3 Å². The Hall–Kier alpha value is -2.32. The van der Waals surface area contributed by atoms with Crippen molar-refractivity contribution in [1.29, 1.82) is 0 Å². The van der Waals surface area contributed by atoms with Crippen LogP contribution in [0, 0.1) is 19.7 Å². The molecule has 0 bridgehead atoms. The molecule has 1 fully saturated rings. The highest BCUT2D eigenvalue weighted by molar-refractivity contribution is 7.15. The molecule has 0 unspecified atom stereocenters. The average Bonchev–Trinajstić information content (AvgIpc) is 3.24. The van der Waals surface area contributed by atoms with Crippen molar-refractivity contribution in [2.24, 2.45) is 0 Å². The predicted molar refractivity (Wildman–Crippen MR) is 101 cm³/mol. The topological polar surface area (TPSA) is 71.5 Å². The fourth-order valence-corrected chi connectivity index (χ4v) is 3.75. The highest BCUT2D eigenvalue weighted by Crippen LogP contribution is 2.21.